The summed E-state index contributed by atoms with van der Waals surface area (Å²) < 4.78 is 4.97. The highest BCUT2D eigenvalue weighted by molar-refractivity contribution is 5.84. The summed E-state index contributed by atoms with van der Waals surface area (Å²) in [6.07, 6.45) is 1.65. The van der Waals surface area contributed by atoms with E-state index >= 15 is 0 Å². The van der Waals surface area contributed by atoms with Crippen molar-refractivity contribution in [2.75, 3.05) is 13.1 Å². The number of carbonyl (C=O) groups excluding carboxylic acids is 1. The van der Waals surface area contributed by atoms with Crippen LogP contribution < -0.4 is 10.6 Å². The summed E-state index contributed by atoms with van der Waals surface area (Å²) >= 11 is 0. The third kappa shape index (κ3) is 4.52. The Morgan fingerprint density at radius 1 is 1.47 bits per heavy atom. The van der Waals surface area contributed by atoms with Crippen molar-refractivity contribution in [2.45, 2.75) is 6.54 Å². The standard InChI is InChI=1S/C11H14N2O4/c1-2-5-12-7-10(14)13-6-8-3-4-9(17-8)11(15)16/h2-4,12H,1,5-7H2,(H,13,14)(H,15,16). The van der Waals surface area contributed by atoms with Crippen molar-refractivity contribution < 1.29 is 19.1 Å². The van der Waals surface area contributed by atoms with Gasteiger partial charge in [0, 0.05) is 6.54 Å². The van der Waals surface area contributed by atoms with Gasteiger partial charge in [-0.15, -0.1) is 6.58 Å². The molecule has 6 nitrogen and oxygen atoms in total. The maximum absolute atomic E-state index is 11.3. The Morgan fingerprint density at radius 2 is 2.24 bits per heavy atom. The summed E-state index contributed by atoms with van der Waals surface area (Å²) in [4.78, 5) is 21.8. The lowest BCUT2D eigenvalue weighted by molar-refractivity contribution is -0.120. The number of hydrogen-bond acceptors (Lipinski definition) is 4. The first kappa shape index (κ1) is 13.0. The molecule has 1 heterocycles. The highest BCUT2D eigenvalue weighted by Gasteiger charge is 2.09. The Bertz CT molecular complexity index is 411. The highest BCUT2D eigenvalue weighted by atomic mass is 16.4. The molecule has 1 amide bonds. The molecule has 0 aromatic carbocycles. The Morgan fingerprint density at radius 3 is 2.82 bits per heavy atom. The Labute approximate surface area is 98.3 Å². The lowest BCUT2D eigenvalue weighted by Gasteiger charge is -2.03. The van der Waals surface area contributed by atoms with Gasteiger partial charge in [0.25, 0.3) is 0 Å². The van der Waals surface area contributed by atoms with Gasteiger partial charge in [-0.3, -0.25) is 4.79 Å². The van der Waals surface area contributed by atoms with Crippen LogP contribution in [-0.4, -0.2) is 30.1 Å². The number of carboxylic acid groups (broad SMARTS) is 1. The number of carboxylic acids is 1. The molecule has 1 aromatic heterocycles. The quantitative estimate of drug-likeness (QED) is 0.471. The zero-order valence-corrected chi connectivity index (χ0v) is 9.23. The van der Waals surface area contributed by atoms with Crippen LogP contribution in [0, 0.1) is 0 Å². The van der Waals surface area contributed by atoms with Gasteiger partial charge in [0.1, 0.15) is 5.76 Å². The van der Waals surface area contributed by atoms with E-state index in [1.807, 2.05) is 0 Å². The molecular formula is C11H14N2O4. The lowest BCUT2D eigenvalue weighted by Crippen LogP contribution is -2.33. The zero-order chi connectivity index (χ0) is 12.7. The summed E-state index contributed by atoms with van der Waals surface area (Å²) in [6, 6.07) is 2.86. The van der Waals surface area contributed by atoms with E-state index < -0.39 is 5.97 Å². The van der Waals surface area contributed by atoms with Gasteiger partial charge in [-0.1, -0.05) is 6.08 Å². The van der Waals surface area contributed by atoms with Crippen LogP contribution in [0.5, 0.6) is 0 Å². The zero-order valence-electron chi connectivity index (χ0n) is 9.23. The third-order valence-electron chi connectivity index (χ3n) is 1.91. The number of furan rings is 1. The molecule has 17 heavy (non-hydrogen) atoms. The van der Waals surface area contributed by atoms with Crippen molar-refractivity contribution in [2.24, 2.45) is 0 Å². The minimum atomic E-state index is -1.13. The largest absolute Gasteiger partial charge is 0.475 e. The van der Waals surface area contributed by atoms with Crippen molar-refractivity contribution in [1.29, 1.82) is 0 Å². The number of nitrogens with one attached hydrogen (secondary N) is 2. The number of aromatic carboxylic acids is 1. The van der Waals surface area contributed by atoms with Gasteiger partial charge in [0.15, 0.2) is 0 Å². The summed E-state index contributed by atoms with van der Waals surface area (Å²) in [5.74, 6) is -1.06. The van der Waals surface area contributed by atoms with E-state index in [1.165, 1.54) is 12.1 Å². The minimum absolute atomic E-state index is 0.140. The predicted molar refractivity (Wildman–Crippen MR) is 60.6 cm³/mol. The van der Waals surface area contributed by atoms with Crippen LogP contribution in [0.4, 0.5) is 0 Å². The van der Waals surface area contributed by atoms with E-state index in [0.29, 0.717) is 12.3 Å². The normalized spacial score (nSPS) is 9.88. The molecule has 0 unspecified atom stereocenters. The Hall–Kier alpha value is -2.08. The first-order valence-corrected chi connectivity index (χ1v) is 5.04. The van der Waals surface area contributed by atoms with Crippen LogP contribution >= 0.6 is 0 Å². The van der Waals surface area contributed by atoms with Gasteiger partial charge in [-0.2, -0.15) is 0 Å². The van der Waals surface area contributed by atoms with Gasteiger partial charge in [0.2, 0.25) is 11.7 Å². The van der Waals surface area contributed by atoms with Gasteiger partial charge in [-0.25, -0.2) is 4.79 Å². The molecule has 0 bridgehead atoms. The molecule has 0 aliphatic heterocycles. The maximum atomic E-state index is 11.3. The van der Waals surface area contributed by atoms with Crippen molar-refractivity contribution in [3.05, 3.63) is 36.3 Å². The lowest BCUT2D eigenvalue weighted by atomic mass is 10.4. The first-order valence-electron chi connectivity index (χ1n) is 5.04. The topological polar surface area (TPSA) is 91.6 Å². The summed E-state index contributed by atoms with van der Waals surface area (Å²) in [5.41, 5.74) is 0. The second kappa shape index (κ2) is 6.49. The van der Waals surface area contributed by atoms with Gasteiger partial charge in [0.05, 0.1) is 13.1 Å². The van der Waals surface area contributed by atoms with Crippen LogP contribution in [0.3, 0.4) is 0 Å². The summed E-state index contributed by atoms with van der Waals surface area (Å²) in [7, 11) is 0. The molecule has 1 aromatic rings. The third-order valence-corrected chi connectivity index (χ3v) is 1.91. The van der Waals surface area contributed by atoms with Crippen LogP contribution in [0.25, 0.3) is 0 Å². The van der Waals surface area contributed by atoms with Gasteiger partial charge >= 0.3 is 5.97 Å². The molecule has 0 saturated carbocycles. The van der Waals surface area contributed by atoms with Crippen molar-refractivity contribution in [3.63, 3.8) is 0 Å². The smallest absolute Gasteiger partial charge is 0.371 e. The van der Waals surface area contributed by atoms with E-state index in [2.05, 4.69) is 17.2 Å². The molecule has 6 heteroatoms. The van der Waals surface area contributed by atoms with Crippen molar-refractivity contribution in [3.8, 4) is 0 Å². The second-order valence-corrected chi connectivity index (χ2v) is 3.27. The second-order valence-electron chi connectivity index (χ2n) is 3.27. The highest BCUT2D eigenvalue weighted by Crippen LogP contribution is 2.06. The van der Waals surface area contributed by atoms with Gasteiger partial charge in [-0.05, 0) is 12.1 Å². The number of amides is 1. The maximum Gasteiger partial charge on any atom is 0.371 e. The predicted octanol–water partition coefficient (Wildman–Crippen LogP) is 0.370. The SMILES string of the molecule is C=CCNCC(=O)NCc1ccc(C(=O)O)o1. The molecule has 0 aliphatic carbocycles. The average molecular weight is 238 g/mol. The molecule has 0 fully saturated rings. The summed E-state index contributed by atoms with van der Waals surface area (Å²) in [6.45, 7) is 4.41. The van der Waals surface area contributed by atoms with Crippen molar-refractivity contribution in [1.82, 2.24) is 10.6 Å². The average Bonchev–Trinajstić information content (AvgIpc) is 2.75. The molecule has 3 N–H and O–H groups in total. The molecule has 0 spiro atoms. The molecule has 0 atom stereocenters. The van der Waals surface area contributed by atoms with Crippen LogP contribution in [-0.2, 0) is 11.3 Å². The first-order chi connectivity index (χ1) is 8.13. The fraction of sp³-hybridized carbons (Fsp3) is 0.273. The Balaban J connectivity index is 2.31. The van der Waals surface area contributed by atoms with Crippen LogP contribution in [0.1, 0.15) is 16.3 Å². The number of hydrogen-bond donors (Lipinski definition) is 3. The monoisotopic (exact) mass is 238 g/mol. The molecule has 0 radical (unpaired) electrons. The minimum Gasteiger partial charge on any atom is -0.475 e. The molecule has 0 saturated heterocycles. The fourth-order valence-electron chi connectivity index (χ4n) is 1.12. The van der Waals surface area contributed by atoms with E-state index in [1.54, 1.807) is 6.08 Å². The van der Waals surface area contributed by atoms with E-state index in [9.17, 15) is 9.59 Å². The van der Waals surface area contributed by atoms with E-state index in [-0.39, 0.29) is 24.8 Å². The van der Waals surface area contributed by atoms with Crippen LogP contribution in [0.2, 0.25) is 0 Å². The fourth-order valence-corrected chi connectivity index (χ4v) is 1.12. The van der Waals surface area contributed by atoms with E-state index in [4.69, 9.17) is 9.52 Å². The van der Waals surface area contributed by atoms with Crippen molar-refractivity contribution >= 4 is 11.9 Å². The number of rotatable bonds is 7. The molecule has 1 rings (SSSR count). The molecule has 92 valence electrons. The Kier molecular flexibility index (Phi) is 4.96. The summed E-state index contributed by atoms with van der Waals surface area (Å²) in [5, 5.41) is 14.0. The number of carbonyl (C=O) groups is 2. The molecular weight excluding hydrogens is 224 g/mol. The molecule has 0 aliphatic rings. The van der Waals surface area contributed by atoms with Gasteiger partial charge < -0.3 is 20.2 Å². The van der Waals surface area contributed by atoms with E-state index in [0.717, 1.165) is 0 Å². The van der Waals surface area contributed by atoms with Crippen LogP contribution in [0.15, 0.2) is 29.2 Å².